The summed E-state index contributed by atoms with van der Waals surface area (Å²) in [6.07, 6.45) is 1.93. The van der Waals surface area contributed by atoms with Crippen molar-refractivity contribution in [2.45, 2.75) is 19.8 Å². The van der Waals surface area contributed by atoms with Gasteiger partial charge in [0.15, 0.2) is 0 Å². The van der Waals surface area contributed by atoms with Gasteiger partial charge in [0, 0.05) is 17.7 Å². The van der Waals surface area contributed by atoms with Crippen LogP contribution in [0.25, 0.3) is 11.1 Å². The molecule has 1 aliphatic carbocycles. The number of benzene rings is 3. The lowest BCUT2D eigenvalue weighted by Gasteiger charge is -2.23. The molecule has 0 heterocycles. The van der Waals surface area contributed by atoms with Crippen LogP contribution in [0.5, 0.6) is 0 Å². The summed E-state index contributed by atoms with van der Waals surface area (Å²) in [6.45, 7) is 2.14. The third-order valence-corrected chi connectivity index (χ3v) is 4.76. The molecule has 3 aromatic rings. The zero-order valence-corrected chi connectivity index (χ0v) is 12.8. The second-order valence-electron chi connectivity index (χ2n) is 6.10. The van der Waals surface area contributed by atoms with Gasteiger partial charge in [0.05, 0.1) is 0 Å². The Hall–Kier alpha value is -2.54. The van der Waals surface area contributed by atoms with Crippen molar-refractivity contribution in [3.8, 4) is 11.1 Å². The molecule has 108 valence electrons. The van der Waals surface area contributed by atoms with Crippen LogP contribution in [0.3, 0.4) is 0 Å². The number of hydrogen-bond donors (Lipinski definition) is 1. The maximum atomic E-state index is 6.56. The monoisotopic (exact) mass is 285 g/mol. The summed E-state index contributed by atoms with van der Waals surface area (Å²) < 4.78 is 0. The molecule has 0 saturated heterocycles. The van der Waals surface area contributed by atoms with E-state index in [2.05, 4.69) is 67.6 Å². The summed E-state index contributed by atoms with van der Waals surface area (Å²) in [4.78, 5) is 0. The molecule has 0 amide bonds. The van der Waals surface area contributed by atoms with Crippen LogP contribution >= 0.6 is 0 Å². The van der Waals surface area contributed by atoms with Gasteiger partial charge in [-0.25, -0.2) is 0 Å². The standard InChI is InChI=1S/C21H19N/c1-14-6-2-5-9-18(14)19-11-10-17-12-15-7-3-4-8-16(15)13-20(17)21(19)22/h2-11H,12-13,22H2,1H3. The van der Waals surface area contributed by atoms with Gasteiger partial charge in [-0.2, -0.15) is 0 Å². The number of hydrogen-bond acceptors (Lipinski definition) is 1. The van der Waals surface area contributed by atoms with Crippen molar-refractivity contribution in [2.75, 3.05) is 5.73 Å². The smallest absolute Gasteiger partial charge is 0.0432 e. The minimum absolute atomic E-state index is 0.942. The number of aryl methyl sites for hydroxylation is 1. The predicted molar refractivity (Wildman–Crippen MR) is 93.1 cm³/mol. The van der Waals surface area contributed by atoms with Gasteiger partial charge < -0.3 is 5.73 Å². The molecule has 0 bridgehead atoms. The van der Waals surface area contributed by atoms with Crippen LogP contribution in [-0.4, -0.2) is 0 Å². The zero-order valence-electron chi connectivity index (χ0n) is 12.8. The Bertz CT molecular complexity index is 862. The molecule has 22 heavy (non-hydrogen) atoms. The van der Waals surface area contributed by atoms with E-state index in [-0.39, 0.29) is 0 Å². The molecule has 1 nitrogen and oxygen atoms in total. The maximum Gasteiger partial charge on any atom is 0.0432 e. The summed E-state index contributed by atoms with van der Waals surface area (Å²) in [6, 6.07) is 21.6. The summed E-state index contributed by atoms with van der Waals surface area (Å²) in [5.74, 6) is 0. The molecular weight excluding hydrogens is 266 g/mol. The lowest BCUT2D eigenvalue weighted by atomic mass is 9.83. The van der Waals surface area contributed by atoms with E-state index in [4.69, 9.17) is 5.73 Å². The second kappa shape index (κ2) is 5.03. The summed E-state index contributed by atoms with van der Waals surface area (Å²) in [5, 5.41) is 0. The van der Waals surface area contributed by atoms with Gasteiger partial charge in [-0.3, -0.25) is 0 Å². The van der Waals surface area contributed by atoms with Crippen molar-refractivity contribution >= 4 is 5.69 Å². The first-order chi connectivity index (χ1) is 10.7. The van der Waals surface area contributed by atoms with Gasteiger partial charge >= 0.3 is 0 Å². The van der Waals surface area contributed by atoms with Gasteiger partial charge in [0.25, 0.3) is 0 Å². The van der Waals surface area contributed by atoms with Crippen molar-refractivity contribution in [3.63, 3.8) is 0 Å². The predicted octanol–water partition coefficient (Wildman–Crippen LogP) is 4.74. The van der Waals surface area contributed by atoms with Crippen LogP contribution < -0.4 is 5.73 Å². The van der Waals surface area contributed by atoms with Crippen LogP contribution in [0.4, 0.5) is 5.69 Å². The topological polar surface area (TPSA) is 26.0 Å². The van der Waals surface area contributed by atoms with Crippen LogP contribution in [0, 0.1) is 6.92 Å². The van der Waals surface area contributed by atoms with Crippen molar-refractivity contribution < 1.29 is 0 Å². The molecule has 3 aromatic carbocycles. The first-order valence-electron chi connectivity index (χ1n) is 7.77. The number of nitrogen functional groups attached to an aromatic ring is 1. The molecule has 2 N–H and O–H groups in total. The quantitative estimate of drug-likeness (QED) is 0.502. The maximum absolute atomic E-state index is 6.56. The van der Waals surface area contributed by atoms with Crippen LogP contribution in [0.1, 0.15) is 27.8 Å². The fourth-order valence-corrected chi connectivity index (χ4v) is 3.49. The molecule has 0 spiro atoms. The van der Waals surface area contributed by atoms with E-state index in [1.54, 1.807) is 0 Å². The minimum Gasteiger partial charge on any atom is -0.398 e. The molecule has 0 atom stereocenters. The molecule has 4 rings (SSSR count). The molecule has 0 aromatic heterocycles. The number of anilines is 1. The average Bonchev–Trinajstić information content (AvgIpc) is 2.55. The first kappa shape index (κ1) is 13.1. The number of nitrogens with two attached hydrogens (primary N) is 1. The Morgan fingerprint density at radius 3 is 2.14 bits per heavy atom. The van der Waals surface area contributed by atoms with Crippen molar-refractivity contribution in [1.29, 1.82) is 0 Å². The SMILES string of the molecule is Cc1ccccc1-c1ccc2c(c1N)Cc1ccccc1C2. The zero-order chi connectivity index (χ0) is 15.1. The highest BCUT2D eigenvalue weighted by molar-refractivity contribution is 5.82. The molecule has 0 unspecified atom stereocenters. The van der Waals surface area contributed by atoms with E-state index in [1.807, 2.05) is 0 Å². The Balaban J connectivity index is 1.86. The van der Waals surface area contributed by atoms with E-state index >= 15 is 0 Å². The first-order valence-corrected chi connectivity index (χ1v) is 7.77. The lowest BCUT2D eigenvalue weighted by Crippen LogP contribution is -2.10. The highest BCUT2D eigenvalue weighted by Crippen LogP contribution is 2.37. The normalized spacial score (nSPS) is 12.6. The molecule has 0 radical (unpaired) electrons. The average molecular weight is 285 g/mol. The fourth-order valence-electron chi connectivity index (χ4n) is 3.49. The van der Waals surface area contributed by atoms with Crippen LogP contribution in [0.15, 0.2) is 60.7 Å². The van der Waals surface area contributed by atoms with Crippen LogP contribution in [-0.2, 0) is 12.8 Å². The largest absolute Gasteiger partial charge is 0.398 e. The third kappa shape index (κ3) is 2.01. The van der Waals surface area contributed by atoms with Crippen molar-refractivity contribution in [2.24, 2.45) is 0 Å². The molecule has 1 heteroatoms. The molecule has 1 aliphatic rings. The van der Waals surface area contributed by atoms with Crippen molar-refractivity contribution in [3.05, 3.63) is 88.5 Å². The minimum atomic E-state index is 0.942. The highest BCUT2D eigenvalue weighted by Gasteiger charge is 2.19. The third-order valence-electron chi connectivity index (χ3n) is 4.76. The highest BCUT2D eigenvalue weighted by atomic mass is 14.6. The summed E-state index contributed by atoms with van der Waals surface area (Å²) in [5.41, 5.74) is 16.7. The summed E-state index contributed by atoms with van der Waals surface area (Å²) in [7, 11) is 0. The molecule has 0 fully saturated rings. The van der Waals surface area contributed by atoms with Gasteiger partial charge in [0.2, 0.25) is 0 Å². The van der Waals surface area contributed by atoms with E-state index < -0.39 is 0 Å². The molecule has 0 aliphatic heterocycles. The van der Waals surface area contributed by atoms with E-state index in [0.29, 0.717) is 0 Å². The summed E-state index contributed by atoms with van der Waals surface area (Å²) >= 11 is 0. The Morgan fingerprint density at radius 1 is 0.682 bits per heavy atom. The number of fused-ring (bicyclic) bond motifs is 2. The van der Waals surface area contributed by atoms with Gasteiger partial charge in [-0.15, -0.1) is 0 Å². The molecular formula is C21H19N. The van der Waals surface area contributed by atoms with Gasteiger partial charge in [-0.1, -0.05) is 60.7 Å². The molecule has 0 saturated carbocycles. The van der Waals surface area contributed by atoms with Crippen LogP contribution in [0.2, 0.25) is 0 Å². The Morgan fingerprint density at radius 2 is 1.36 bits per heavy atom. The fraction of sp³-hybridized carbons (Fsp3) is 0.143. The Labute approximate surface area is 131 Å². The second-order valence-corrected chi connectivity index (χ2v) is 6.10. The number of rotatable bonds is 1. The van der Waals surface area contributed by atoms with E-state index in [1.165, 1.54) is 33.4 Å². The van der Waals surface area contributed by atoms with Gasteiger partial charge in [-0.05, 0) is 46.7 Å². The van der Waals surface area contributed by atoms with E-state index in [9.17, 15) is 0 Å². The van der Waals surface area contributed by atoms with Gasteiger partial charge in [0.1, 0.15) is 0 Å². The van der Waals surface area contributed by atoms with Crippen molar-refractivity contribution in [1.82, 2.24) is 0 Å². The van der Waals surface area contributed by atoms with E-state index in [0.717, 1.165) is 24.1 Å². The Kier molecular flexibility index (Phi) is 3.00. The lowest BCUT2D eigenvalue weighted by molar-refractivity contribution is 1.01.